The third kappa shape index (κ3) is 3.46. The zero-order valence-electron chi connectivity index (χ0n) is 6.75. The number of rotatable bonds is 2. The highest BCUT2D eigenvalue weighted by Gasteiger charge is 2.31. The summed E-state index contributed by atoms with van der Waals surface area (Å²) < 4.78 is 35.5. The van der Waals surface area contributed by atoms with Crippen LogP contribution >= 0.6 is 0 Å². The van der Waals surface area contributed by atoms with Gasteiger partial charge in [0.1, 0.15) is 0 Å². The second kappa shape index (κ2) is 3.79. The molecule has 0 saturated carbocycles. The lowest BCUT2D eigenvalue weighted by molar-refractivity contribution is -0.154. The quantitative estimate of drug-likeness (QED) is 0.760. The van der Waals surface area contributed by atoms with Crippen LogP contribution in [0.2, 0.25) is 0 Å². The summed E-state index contributed by atoms with van der Waals surface area (Å²) in [5.74, 6) is 0. The third-order valence-electron chi connectivity index (χ3n) is 1.61. The topological polar surface area (TPSA) is 20.2 Å². The van der Waals surface area contributed by atoms with Crippen LogP contribution in [0, 0.1) is 0 Å². The summed E-state index contributed by atoms with van der Waals surface area (Å²) in [4.78, 5) is 0. The van der Waals surface area contributed by atoms with Crippen LogP contribution in [0.3, 0.4) is 0 Å². The summed E-state index contributed by atoms with van der Waals surface area (Å²) in [6, 6.07) is 7.81. The highest BCUT2D eigenvalue weighted by atomic mass is 19.4. The van der Waals surface area contributed by atoms with Crippen molar-refractivity contribution in [3.05, 3.63) is 35.9 Å². The lowest BCUT2D eigenvalue weighted by atomic mass is 10.1. The van der Waals surface area contributed by atoms with Gasteiger partial charge in [0.2, 0.25) is 0 Å². The second-order valence-electron chi connectivity index (χ2n) is 2.75. The molecule has 72 valence electrons. The molecule has 0 heterocycles. The van der Waals surface area contributed by atoms with Crippen molar-refractivity contribution in [2.24, 2.45) is 0 Å². The Kier molecular flexibility index (Phi) is 2.93. The van der Waals surface area contributed by atoms with Gasteiger partial charge in [0, 0.05) is 0 Å². The van der Waals surface area contributed by atoms with Gasteiger partial charge in [-0.05, 0) is 5.56 Å². The fourth-order valence-corrected chi connectivity index (χ4v) is 1.01. The van der Waals surface area contributed by atoms with Gasteiger partial charge in [-0.2, -0.15) is 13.2 Å². The van der Waals surface area contributed by atoms with Crippen molar-refractivity contribution in [2.45, 2.75) is 18.7 Å². The van der Waals surface area contributed by atoms with E-state index in [0.29, 0.717) is 5.56 Å². The molecule has 1 aromatic rings. The summed E-state index contributed by atoms with van der Waals surface area (Å²) >= 11 is 0. The van der Waals surface area contributed by atoms with Crippen LogP contribution in [0.15, 0.2) is 30.3 Å². The molecule has 0 fully saturated rings. The highest BCUT2D eigenvalue weighted by Crippen LogP contribution is 2.28. The lowest BCUT2D eigenvalue weighted by Gasteiger charge is -2.12. The van der Waals surface area contributed by atoms with E-state index in [-0.39, 0.29) is 0 Å². The van der Waals surface area contributed by atoms with Crippen LogP contribution in [-0.4, -0.2) is 11.3 Å². The number of benzene rings is 1. The van der Waals surface area contributed by atoms with Crippen LogP contribution in [0.4, 0.5) is 13.2 Å². The maximum absolute atomic E-state index is 11.8. The Balaban J connectivity index is 2.64. The van der Waals surface area contributed by atoms with E-state index < -0.39 is 18.7 Å². The fraction of sp³-hybridized carbons (Fsp3) is 0.333. The Morgan fingerprint density at radius 1 is 1.15 bits per heavy atom. The molecule has 0 amide bonds. The highest BCUT2D eigenvalue weighted by molar-refractivity contribution is 5.17. The van der Waals surface area contributed by atoms with Gasteiger partial charge in [0.05, 0.1) is 12.5 Å². The molecule has 0 aliphatic heterocycles. The second-order valence-corrected chi connectivity index (χ2v) is 2.75. The Morgan fingerprint density at radius 3 is 2.15 bits per heavy atom. The van der Waals surface area contributed by atoms with Crippen molar-refractivity contribution in [1.29, 1.82) is 0 Å². The van der Waals surface area contributed by atoms with Gasteiger partial charge in [0.15, 0.2) is 0 Å². The van der Waals surface area contributed by atoms with E-state index in [1.807, 2.05) is 0 Å². The Labute approximate surface area is 73.8 Å². The first-order chi connectivity index (χ1) is 5.99. The summed E-state index contributed by atoms with van der Waals surface area (Å²) in [6.07, 6.45) is -6.98. The van der Waals surface area contributed by atoms with Gasteiger partial charge < -0.3 is 5.11 Å². The average Bonchev–Trinajstić information content (AvgIpc) is 2.03. The van der Waals surface area contributed by atoms with Crippen molar-refractivity contribution in [2.75, 3.05) is 0 Å². The summed E-state index contributed by atoms with van der Waals surface area (Å²) in [6.45, 7) is 0. The van der Waals surface area contributed by atoms with Gasteiger partial charge >= 0.3 is 6.18 Å². The minimum Gasteiger partial charge on any atom is -0.388 e. The molecule has 1 unspecified atom stereocenters. The van der Waals surface area contributed by atoms with Crippen molar-refractivity contribution in [3.8, 4) is 0 Å². The molecule has 0 saturated heterocycles. The lowest BCUT2D eigenvalue weighted by Crippen LogP contribution is -2.13. The molecule has 0 bridgehead atoms. The van der Waals surface area contributed by atoms with Crippen LogP contribution < -0.4 is 0 Å². The van der Waals surface area contributed by atoms with E-state index in [9.17, 15) is 13.2 Å². The first-order valence-electron chi connectivity index (χ1n) is 3.79. The van der Waals surface area contributed by atoms with Crippen molar-refractivity contribution in [1.82, 2.24) is 0 Å². The van der Waals surface area contributed by atoms with Crippen LogP contribution in [-0.2, 0) is 0 Å². The van der Waals surface area contributed by atoms with Crippen LogP contribution in [0.25, 0.3) is 0 Å². The number of alkyl halides is 3. The molecule has 0 radical (unpaired) electrons. The number of hydrogen-bond donors (Lipinski definition) is 1. The molecule has 1 N–H and O–H groups in total. The zero-order valence-corrected chi connectivity index (χ0v) is 6.75. The van der Waals surface area contributed by atoms with E-state index in [1.54, 1.807) is 18.2 Å². The predicted molar refractivity (Wildman–Crippen MR) is 42.1 cm³/mol. The first-order valence-corrected chi connectivity index (χ1v) is 3.79. The minimum atomic E-state index is -4.32. The van der Waals surface area contributed by atoms with E-state index in [1.165, 1.54) is 12.1 Å². The van der Waals surface area contributed by atoms with Crippen LogP contribution in [0.1, 0.15) is 18.1 Å². The molecule has 0 aliphatic rings. The van der Waals surface area contributed by atoms with Crippen molar-refractivity contribution in [3.63, 3.8) is 0 Å². The molecular weight excluding hydrogens is 181 g/mol. The van der Waals surface area contributed by atoms with Gasteiger partial charge in [0.25, 0.3) is 0 Å². The number of aliphatic hydroxyl groups is 1. The monoisotopic (exact) mass is 190 g/mol. The molecule has 0 aliphatic carbocycles. The molecule has 0 aromatic heterocycles. The zero-order chi connectivity index (χ0) is 9.90. The van der Waals surface area contributed by atoms with Crippen molar-refractivity contribution >= 4 is 0 Å². The largest absolute Gasteiger partial charge is 0.391 e. The Hall–Kier alpha value is -1.03. The fourth-order valence-electron chi connectivity index (χ4n) is 1.01. The van der Waals surface area contributed by atoms with Crippen molar-refractivity contribution < 1.29 is 18.3 Å². The van der Waals surface area contributed by atoms with Gasteiger partial charge in [-0.1, -0.05) is 30.3 Å². The number of hydrogen-bond acceptors (Lipinski definition) is 1. The standard InChI is InChI=1S/C9H9F3O/c10-9(11,12)6-8(13)7-4-2-1-3-5-7/h1-5,8,13H,6H2. The molecule has 1 aromatic carbocycles. The minimum absolute atomic E-state index is 0.292. The van der Waals surface area contributed by atoms with Gasteiger partial charge in [-0.15, -0.1) is 0 Å². The molecule has 4 heteroatoms. The van der Waals surface area contributed by atoms with E-state index in [0.717, 1.165) is 0 Å². The van der Waals surface area contributed by atoms with E-state index in [4.69, 9.17) is 5.11 Å². The maximum atomic E-state index is 11.8. The normalized spacial score (nSPS) is 14.2. The average molecular weight is 190 g/mol. The van der Waals surface area contributed by atoms with E-state index in [2.05, 4.69) is 0 Å². The molecule has 13 heavy (non-hydrogen) atoms. The molecule has 1 nitrogen and oxygen atoms in total. The molecular formula is C9H9F3O. The Morgan fingerprint density at radius 2 is 1.69 bits per heavy atom. The Bertz CT molecular complexity index is 255. The summed E-state index contributed by atoms with van der Waals surface area (Å²) in [5, 5.41) is 9.14. The first kappa shape index (κ1) is 10.1. The summed E-state index contributed by atoms with van der Waals surface area (Å²) in [7, 11) is 0. The van der Waals surface area contributed by atoms with E-state index >= 15 is 0 Å². The van der Waals surface area contributed by atoms with Gasteiger partial charge in [-0.25, -0.2) is 0 Å². The predicted octanol–water partition coefficient (Wildman–Crippen LogP) is 2.67. The molecule has 0 spiro atoms. The summed E-state index contributed by atoms with van der Waals surface area (Å²) in [5.41, 5.74) is 0.292. The SMILES string of the molecule is OC(CC(F)(F)F)c1ccccc1. The van der Waals surface area contributed by atoms with Crippen LogP contribution in [0.5, 0.6) is 0 Å². The maximum Gasteiger partial charge on any atom is 0.391 e. The molecule has 1 rings (SSSR count). The van der Waals surface area contributed by atoms with Gasteiger partial charge in [-0.3, -0.25) is 0 Å². The third-order valence-corrected chi connectivity index (χ3v) is 1.61. The number of aliphatic hydroxyl groups excluding tert-OH is 1. The smallest absolute Gasteiger partial charge is 0.388 e. The number of halogens is 3. The molecule has 1 atom stereocenters.